The van der Waals surface area contributed by atoms with E-state index in [1.54, 1.807) is 0 Å². The van der Waals surface area contributed by atoms with E-state index in [4.69, 9.17) is 40.1 Å². The summed E-state index contributed by atoms with van der Waals surface area (Å²) in [5, 5.41) is 23.2. The Morgan fingerprint density at radius 1 is 0.963 bits per heavy atom. The summed E-state index contributed by atoms with van der Waals surface area (Å²) in [5.74, 6) is 0.520. The lowest BCUT2D eigenvalue weighted by molar-refractivity contribution is 0.423. The highest BCUT2D eigenvalue weighted by Gasteiger charge is 2.27. The Kier molecular flexibility index (Phi) is 5.92. The fourth-order valence-corrected chi connectivity index (χ4v) is 3.35. The molecule has 0 saturated carbocycles. The third-order valence-electron chi connectivity index (χ3n) is 4.14. The van der Waals surface area contributed by atoms with Crippen LogP contribution < -0.4 is 5.32 Å². The highest BCUT2D eigenvalue weighted by atomic mass is 35.5. The van der Waals surface area contributed by atoms with E-state index >= 15 is 0 Å². The Morgan fingerprint density at radius 2 is 1.44 bits per heavy atom. The van der Waals surface area contributed by atoms with Crippen molar-refractivity contribution in [1.29, 1.82) is 5.26 Å². The number of phenolic OH excluding ortho intramolecular Hbond substituents is 1. The van der Waals surface area contributed by atoms with Crippen molar-refractivity contribution in [2.75, 3.05) is 5.32 Å². The molecule has 144 valence electrons. The van der Waals surface area contributed by atoms with Crippen molar-refractivity contribution < 1.29 is 5.11 Å². The Hall–Kier alpha value is -1.67. The summed E-state index contributed by atoms with van der Waals surface area (Å²) in [4.78, 5) is 4.16. The van der Waals surface area contributed by atoms with Crippen molar-refractivity contribution in [3.8, 4) is 11.8 Å². The van der Waals surface area contributed by atoms with Gasteiger partial charge in [-0.25, -0.2) is 4.98 Å². The number of rotatable bonds is 2. The topological polar surface area (TPSA) is 68.9 Å². The zero-order valence-corrected chi connectivity index (χ0v) is 18.4. The summed E-state index contributed by atoms with van der Waals surface area (Å²) in [6.07, 6.45) is 0. The third-order valence-corrected chi connectivity index (χ3v) is 5.25. The molecule has 0 unspecified atom stereocenters. The van der Waals surface area contributed by atoms with Gasteiger partial charge in [-0.2, -0.15) is 5.26 Å². The highest BCUT2D eigenvalue weighted by molar-refractivity contribution is 6.45. The minimum absolute atomic E-state index is 0.0275. The van der Waals surface area contributed by atoms with E-state index in [9.17, 15) is 5.11 Å². The van der Waals surface area contributed by atoms with Crippen LogP contribution in [0.25, 0.3) is 0 Å². The molecule has 0 aliphatic rings. The van der Waals surface area contributed by atoms with E-state index < -0.39 is 0 Å². The van der Waals surface area contributed by atoms with Gasteiger partial charge < -0.3 is 10.4 Å². The number of nitrogens with one attached hydrogen (secondary N) is 1. The lowest BCUT2D eigenvalue weighted by atomic mass is 9.79. The molecule has 0 aliphatic carbocycles. The predicted molar refractivity (Wildman–Crippen MR) is 113 cm³/mol. The molecule has 0 spiro atoms. The van der Waals surface area contributed by atoms with Crippen LogP contribution >= 0.6 is 34.8 Å². The van der Waals surface area contributed by atoms with Gasteiger partial charge >= 0.3 is 0 Å². The molecule has 0 aliphatic heterocycles. The molecule has 2 rings (SSSR count). The van der Waals surface area contributed by atoms with Gasteiger partial charge in [0.1, 0.15) is 22.4 Å². The molecule has 0 fully saturated rings. The van der Waals surface area contributed by atoms with Gasteiger partial charge in [-0.1, -0.05) is 76.3 Å². The van der Waals surface area contributed by atoms with Crippen molar-refractivity contribution in [1.82, 2.24) is 4.98 Å². The van der Waals surface area contributed by atoms with Crippen LogP contribution in [-0.2, 0) is 10.8 Å². The SMILES string of the molecule is CC(C)(C)c1cc(Nc2nc(Cl)c(C#N)c(Cl)c2Cl)cc(C(C)(C)C)c1O. The molecule has 4 nitrogen and oxygen atoms in total. The van der Waals surface area contributed by atoms with Crippen LogP contribution in [0.1, 0.15) is 58.2 Å². The molecule has 1 aromatic heterocycles. The van der Waals surface area contributed by atoms with Crippen LogP contribution in [0.15, 0.2) is 12.1 Å². The maximum Gasteiger partial charge on any atom is 0.152 e. The lowest BCUT2D eigenvalue weighted by Crippen LogP contribution is -2.17. The van der Waals surface area contributed by atoms with E-state index in [0.717, 1.165) is 11.1 Å². The van der Waals surface area contributed by atoms with Gasteiger partial charge in [-0.05, 0) is 23.0 Å². The van der Waals surface area contributed by atoms with E-state index in [1.807, 2.05) is 59.7 Å². The molecule has 0 bridgehead atoms. The van der Waals surface area contributed by atoms with Crippen molar-refractivity contribution in [3.05, 3.63) is 44.0 Å². The van der Waals surface area contributed by atoms with Crippen molar-refractivity contribution in [3.63, 3.8) is 0 Å². The first-order chi connectivity index (χ1) is 12.3. The lowest BCUT2D eigenvalue weighted by Gasteiger charge is -2.28. The minimum atomic E-state index is -0.279. The quantitative estimate of drug-likeness (QED) is 0.402. The van der Waals surface area contributed by atoms with Gasteiger partial charge in [0.15, 0.2) is 11.0 Å². The number of hydrogen-bond donors (Lipinski definition) is 2. The van der Waals surface area contributed by atoms with Crippen LogP contribution in [0.5, 0.6) is 5.75 Å². The van der Waals surface area contributed by atoms with Gasteiger partial charge in [0.25, 0.3) is 0 Å². The molecule has 0 radical (unpaired) electrons. The number of hydrogen-bond acceptors (Lipinski definition) is 4. The average molecular weight is 427 g/mol. The maximum atomic E-state index is 10.8. The number of nitrogens with zero attached hydrogens (tertiary/aromatic N) is 2. The van der Waals surface area contributed by atoms with Gasteiger partial charge in [0.2, 0.25) is 0 Å². The zero-order valence-electron chi connectivity index (χ0n) is 16.1. The fourth-order valence-electron chi connectivity index (χ4n) is 2.67. The summed E-state index contributed by atoms with van der Waals surface area (Å²) >= 11 is 18.5. The Balaban J connectivity index is 2.66. The largest absolute Gasteiger partial charge is 0.507 e. The first-order valence-electron chi connectivity index (χ1n) is 8.37. The van der Waals surface area contributed by atoms with E-state index in [-0.39, 0.29) is 43.2 Å². The van der Waals surface area contributed by atoms with Gasteiger partial charge in [-0.15, -0.1) is 0 Å². The van der Waals surface area contributed by atoms with E-state index in [0.29, 0.717) is 5.69 Å². The number of halogens is 3. The Labute approximate surface area is 175 Å². The Morgan fingerprint density at radius 3 is 1.85 bits per heavy atom. The van der Waals surface area contributed by atoms with Crippen LogP contribution in [0.3, 0.4) is 0 Å². The first-order valence-corrected chi connectivity index (χ1v) is 9.50. The van der Waals surface area contributed by atoms with E-state index in [2.05, 4.69) is 10.3 Å². The predicted octanol–water partition coefficient (Wildman–Crippen LogP) is 6.96. The normalized spacial score (nSPS) is 12.0. The molecule has 0 amide bonds. The minimum Gasteiger partial charge on any atom is -0.507 e. The summed E-state index contributed by atoms with van der Waals surface area (Å²) in [7, 11) is 0. The van der Waals surface area contributed by atoms with Crippen LogP contribution in [0.4, 0.5) is 11.5 Å². The number of phenols is 1. The molecular weight excluding hydrogens is 405 g/mol. The molecule has 1 aromatic carbocycles. The molecule has 0 saturated heterocycles. The second kappa shape index (κ2) is 7.39. The summed E-state index contributed by atoms with van der Waals surface area (Å²) in [6.45, 7) is 12.2. The van der Waals surface area contributed by atoms with Crippen molar-refractivity contribution in [2.24, 2.45) is 0 Å². The first kappa shape index (κ1) is 21.6. The second-order valence-electron chi connectivity index (χ2n) is 8.41. The number of benzene rings is 1. The number of aromatic nitrogens is 1. The van der Waals surface area contributed by atoms with Crippen LogP contribution in [-0.4, -0.2) is 10.1 Å². The standard InChI is InChI=1S/C20H22Cl3N3O/c1-19(2,3)12-7-10(8-13(16(12)27)20(4,5)6)25-18-15(22)14(21)11(9-24)17(23)26-18/h7-8,27H,1-6H3,(H,25,26). The number of pyridine rings is 1. The number of aromatic hydroxyl groups is 1. The third kappa shape index (κ3) is 4.43. The molecule has 27 heavy (non-hydrogen) atoms. The fraction of sp³-hybridized carbons (Fsp3) is 0.400. The van der Waals surface area contributed by atoms with Crippen LogP contribution in [0, 0.1) is 11.3 Å². The molecule has 2 N–H and O–H groups in total. The monoisotopic (exact) mass is 425 g/mol. The van der Waals surface area contributed by atoms with Gasteiger partial charge in [-0.3, -0.25) is 0 Å². The summed E-state index contributed by atoms with van der Waals surface area (Å²) in [5.41, 5.74) is 1.75. The number of nitriles is 1. The summed E-state index contributed by atoms with van der Waals surface area (Å²) < 4.78 is 0. The highest BCUT2D eigenvalue weighted by Crippen LogP contribution is 2.42. The van der Waals surface area contributed by atoms with Crippen molar-refractivity contribution in [2.45, 2.75) is 52.4 Å². The maximum absolute atomic E-state index is 10.8. The van der Waals surface area contributed by atoms with Crippen LogP contribution in [0.2, 0.25) is 15.2 Å². The molecular formula is C20H22Cl3N3O. The van der Waals surface area contributed by atoms with Gasteiger partial charge in [0.05, 0.1) is 5.02 Å². The molecule has 7 heteroatoms. The average Bonchev–Trinajstić information content (AvgIpc) is 2.52. The second-order valence-corrected chi connectivity index (χ2v) is 9.52. The van der Waals surface area contributed by atoms with Gasteiger partial charge in [0, 0.05) is 16.8 Å². The zero-order chi connectivity index (χ0) is 20.7. The Bertz CT molecular complexity index is 900. The molecule has 2 aromatic rings. The molecule has 0 atom stereocenters. The smallest absolute Gasteiger partial charge is 0.152 e. The molecule has 1 heterocycles. The van der Waals surface area contributed by atoms with E-state index in [1.165, 1.54) is 0 Å². The van der Waals surface area contributed by atoms with Crippen molar-refractivity contribution >= 4 is 46.3 Å². The number of anilines is 2. The summed E-state index contributed by atoms with van der Waals surface area (Å²) in [6, 6.07) is 5.59.